The maximum atomic E-state index is 2.23. The average molecular weight is 234 g/mol. The second-order valence-corrected chi connectivity index (χ2v) is 6.55. The second-order valence-electron chi connectivity index (χ2n) is 3.95. The summed E-state index contributed by atoms with van der Waals surface area (Å²) in [4.78, 5) is 0. The minimum Gasteiger partial charge on any atom is -0.285 e. The van der Waals surface area contributed by atoms with Crippen LogP contribution in [0.25, 0.3) is 0 Å². The van der Waals surface area contributed by atoms with Crippen molar-refractivity contribution in [3.63, 3.8) is 0 Å². The van der Waals surface area contributed by atoms with Gasteiger partial charge in [-0.1, -0.05) is 71.3 Å². The molecule has 82 valence electrons. The van der Waals surface area contributed by atoms with Crippen molar-refractivity contribution in [1.82, 2.24) is 0 Å². The Labute approximate surface area is 117 Å². The Balaban J connectivity index is 0.00000144. The molecule has 0 aliphatic rings. The molecule has 2 heteroatoms. The third kappa shape index (κ3) is 3.72. The van der Waals surface area contributed by atoms with E-state index in [1.807, 2.05) is 0 Å². The minimum absolute atomic E-state index is 0. The molecule has 17 heavy (non-hydrogen) atoms. The number of rotatable bonds is 3. The van der Waals surface area contributed by atoms with Gasteiger partial charge in [-0.15, -0.1) is 0 Å². The predicted octanol–water partition coefficient (Wildman–Crippen LogP) is 0.695. The smallest absolute Gasteiger partial charge is 0.285 e. The van der Waals surface area contributed by atoms with Crippen LogP contribution in [0.5, 0.6) is 0 Å². The van der Waals surface area contributed by atoms with E-state index in [9.17, 15) is 0 Å². The maximum absolute atomic E-state index is 2.23. The zero-order valence-corrected chi connectivity index (χ0v) is 11.6. The van der Waals surface area contributed by atoms with Crippen LogP contribution in [0.4, 0.5) is 0 Å². The molecule has 0 radical (unpaired) electrons. The van der Waals surface area contributed by atoms with Crippen molar-refractivity contribution in [2.45, 2.75) is 13.8 Å². The van der Waals surface area contributed by atoms with E-state index < -0.39 is 0 Å². The van der Waals surface area contributed by atoms with Gasteiger partial charge in [0.05, 0.1) is 0 Å². The fraction of sp³-hybridized carbons (Fsp3) is 0.133. The molecule has 0 unspecified atom stereocenters. The SMILES string of the molecule is C[C-](C)P(c1ccccc1)c1ccccc1.[Li+]. The molecule has 0 amide bonds. The third-order valence-corrected chi connectivity index (χ3v) is 5.00. The Bertz CT molecular complexity index is 386. The molecule has 0 aliphatic heterocycles. The number of hydrogen-bond donors (Lipinski definition) is 0. The van der Waals surface area contributed by atoms with Crippen LogP contribution >= 0.6 is 7.92 Å². The van der Waals surface area contributed by atoms with Gasteiger partial charge in [0.1, 0.15) is 0 Å². The van der Waals surface area contributed by atoms with E-state index in [4.69, 9.17) is 0 Å². The van der Waals surface area contributed by atoms with Crippen molar-refractivity contribution in [2.75, 3.05) is 0 Å². The molecule has 0 heterocycles. The summed E-state index contributed by atoms with van der Waals surface area (Å²) >= 11 is 0. The summed E-state index contributed by atoms with van der Waals surface area (Å²) in [6.07, 6.45) is 0. The van der Waals surface area contributed by atoms with Crippen LogP contribution < -0.4 is 29.5 Å². The van der Waals surface area contributed by atoms with Crippen LogP contribution in [0.3, 0.4) is 0 Å². The van der Waals surface area contributed by atoms with Gasteiger partial charge in [0, 0.05) is 0 Å². The summed E-state index contributed by atoms with van der Waals surface area (Å²) in [6, 6.07) is 21.6. The molecule has 0 fully saturated rings. The normalized spacial score (nSPS) is 10.4. The van der Waals surface area contributed by atoms with Crippen molar-refractivity contribution < 1.29 is 18.9 Å². The maximum Gasteiger partial charge on any atom is 1.00 e. The Hall–Kier alpha value is -0.533. The van der Waals surface area contributed by atoms with Gasteiger partial charge in [-0.3, -0.25) is 5.66 Å². The fourth-order valence-electron chi connectivity index (χ4n) is 1.82. The van der Waals surface area contributed by atoms with Gasteiger partial charge in [0.15, 0.2) is 0 Å². The van der Waals surface area contributed by atoms with Crippen molar-refractivity contribution >= 4 is 18.5 Å². The summed E-state index contributed by atoms with van der Waals surface area (Å²) in [5.41, 5.74) is 1.49. The van der Waals surface area contributed by atoms with E-state index in [0.29, 0.717) is 0 Å². The van der Waals surface area contributed by atoms with Crippen molar-refractivity contribution in [2.24, 2.45) is 0 Å². The zero-order valence-electron chi connectivity index (χ0n) is 10.7. The molecule has 2 rings (SSSR count). The number of hydrogen-bond acceptors (Lipinski definition) is 0. The van der Waals surface area contributed by atoms with Gasteiger partial charge in [-0.2, -0.15) is 13.8 Å². The Morgan fingerprint density at radius 2 is 1.06 bits per heavy atom. The quantitative estimate of drug-likeness (QED) is 0.416. The molecule has 0 aliphatic carbocycles. The average Bonchev–Trinajstić information content (AvgIpc) is 2.31. The Morgan fingerprint density at radius 1 is 0.706 bits per heavy atom. The minimum atomic E-state index is -0.293. The van der Waals surface area contributed by atoms with E-state index in [1.54, 1.807) is 0 Å². The summed E-state index contributed by atoms with van der Waals surface area (Å²) in [5.74, 6) is 0. The molecule has 2 aromatic carbocycles. The first-order valence-corrected chi connectivity index (χ1v) is 6.83. The van der Waals surface area contributed by atoms with Crippen LogP contribution in [0.15, 0.2) is 60.7 Å². The first kappa shape index (κ1) is 14.5. The van der Waals surface area contributed by atoms with E-state index >= 15 is 0 Å². The first-order valence-electron chi connectivity index (χ1n) is 5.49. The van der Waals surface area contributed by atoms with Crippen molar-refractivity contribution in [3.8, 4) is 0 Å². The zero-order chi connectivity index (χ0) is 11.4. The van der Waals surface area contributed by atoms with Crippen LogP contribution in [0, 0.1) is 5.66 Å². The first-order chi connectivity index (χ1) is 7.79. The van der Waals surface area contributed by atoms with E-state index in [1.165, 1.54) is 16.3 Å². The van der Waals surface area contributed by atoms with Gasteiger partial charge in [0.2, 0.25) is 0 Å². The van der Waals surface area contributed by atoms with Crippen LogP contribution in [0.2, 0.25) is 0 Å². The van der Waals surface area contributed by atoms with Gasteiger partial charge >= 0.3 is 18.9 Å². The molecule has 2 aromatic rings. The van der Waals surface area contributed by atoms with E-state index in [2.05, 4.69) is 74.5 Å². The molecule has 0 nitrogen and oxygen atoms in total. The third-order valence-electron chi connectivity index (χ3n) is 2.48. The van der Waals surface area contributed by atoms with Crippen LogP contribution in [-0.2, 0) is 0 Å². The van der Waals surface area contributed by atoms with Gasteiger partial charge in [0.25, 0.3) is 0 Å². The van der Waals surface area contributed by atoms with E-state index in [-0.39, 0.29) is 26.8 Å². The van der Waals surface area contributed by atoms with Gasteiger partial charge in [-0.25, -0.2) is 7.92 Å². The fourth-order valence-corrected chi connectivity index (χ4v) is 4.09. The van der Waals surface area contributed by atoms with Gasteiger partial charge in [-0.05, 0) is 0 Å². The molecular weight excluding hydrogens is 218 g/mol. The molecule has 0 saturated carbocycles. The van der Waals surface area contributed by atoms with Crippen molar-refractivity contribution in [3.05, 3.63) is 66.3 Å². The standard InChI is InChI=1S/C15H16P.Li/c1-13(2)16(14-9-5-3-6-10-14)15-11-7-4-8-12-15;/h3-12H,1-2H3;/q-1;+1. The summed E-state index contributed by atoms with van der Waals surface area (Å²) in [5, 5.41) is 2.87. The summed E-state index contributed by atoms with van der Waals surface area (Å²) in [6.45, 7) is 4.46. The molecule has 0 N–H and O–H groups in total. The summed E-state index contributed by atoms with van der Waals surface area (Å²) < 4.78 is 0. The molecule has 0 saturated heterocycles. The second kappa shape index (κ2) is 7.02. The van der Waals surface area contributed by atoms with E-state index in [0.717, 1.165) is 0 Å². The van der Waals surface area contributed by atoms with Crippen molar-refractivity contribution in [1.29, 1.82) is 0 Å². The van der Waals surface area contributed by atoms with Gasteiger partial charge < -0.3 is 0 Å². The predicted molar refractivity (Wildman–Crippen MR) is 73.7 cm³/mol. The largest absolute Gasteiger partial charge is 1.00 e. The molecule has 0 bridgehead atoms. The Morgan fingerprint density at radius 3 is 1.35 bits per heavy atom. The molecule has 0 atom stereocenters. The molecule has 0 spiro atoms. The number of benzene rings is 2. The van der Waals surface area contributed by atoms with Crippen LogP contribution in [0.1, 0.15) is 13.8 Å². The summed E-state index contributed by atoms with van der Waals surface area (Å²) in [7, 11) is -0.293. The Kier molecular flexibility index (Phi) is 6.00. The monoisotopic (exact) mass is 234 g/mol. The van der Waals surface area contributed by atoms with Crippen LogP contribution in [-0.4, -0.2) is 0 Å². The molecule has 0 aromatic heterocycles. The topological polar surface area (TPSA) is 0 Å². The molecular formula is C15H16LiP.